The average molecular weight is 446 g/mol. The van der Waals surface area contributed by atoms with Gasteiger partial charge in [-0.3, -0.25) is 19.5 Å². The maximum Gasteiger partial charge on any atom is 0.300 e. The Morgan fingerprint density at radius 2 is 1.64 bits per heavy atom. The minimum Gasteiger partial charge on any atom is -0.507 e. The summed E-state index contributed by atoms with van der Waals surface area (Å²) in [6.07, 6.45) is 3.15. The van der Waals surface area contributed by atoms with Gasteiger partial charge in [-0.25, -0.2) is 0 Å². The molecule has 168 valence electrons. The topological polar surface area (TPSA) is 98.2 Å². The summed E-state index contributed by atoms with van der Waals surface area (Å²) in [5.41, 5.74) is 1.21. The lowest BCUT2D eigenvalue weighted by atomic mass is 9.96. The first kappa shape index (κ1) is 21.9. The first-order valence-corrected chi connectivity index (χ1v) is 10.1. The number of methoxy groups -OCH3 is 3. The number of rotatable bonds is 6. The predicted molar refractivity (Wildman–Crippen MR) is 122 cm³/mol. The van der Waals surface area contributed by atoms with Gasteiger partial charge in [-0.15, -0.1) is 0 Å². The number of hydrogen-bond acceptors (Lipinski definition) is 7. The summed E-state index contributed by atoms with van der Waals surface area (Å²) in [6.45, 7) is 0. The summed E-state index contributed by atoms with van der Waals surface area (Å²) in [6, 6.07) is 14.2. The van der Waals surface area contributed by atoms with E-state index in [1.807, 2.05) is 0 Å². The third-order valence-corrected chi connectivity index (χ3v) is 5.45. The zero-order chi connectivity index (χ0) is 23.5. The number of ether oxygens (including phenoxy) is 3. The van der Waals surface area contributed by atoms with E-state index >= 15 is 0 Å². The fourth-order valence-corrected chi connectivity index (χ4v) is 3.90. The number of ketones is 1. The monoisotopic (exact) mass is 446 g/mol. The molecule has 1 aliphatic heterocycles. The van der Waals surface area contributed by atoms with Gasteiger partial charge in [-0.05, 0) is 42.0 Å². The number of carbonyl (C=O) groups is 2. The minimum atomic E-state index is -0.914. The molecule has 2 aromatic carbocycles. The first-order valence-electron chi connectivity index (χ1n) is 10.1. The summed E-state index contributed by atoms with van der Waals surface area (Å²) in [5.74, 6) is -0.678. The molecule has 8 nitrogen and oxygen atoms in total. The number of aromatic nitrogens is 1. The summed E-state index contributed by atoms with van der Waals surface area (Å²) < 4.78 is 16.0. The Balaban J connectivity index is 1.95. The lowest BCUT2D eigenvalue weighted by Gasteiger charge is -2.26. The van der Waals surface area contributed by atoms with Crippen molar-refractivity contribution in [1.29, 1.82) is 0 Å². The van der Waals surface area contributed by atoms with Crippen molar-refractivity contribution in [2.45, 2.75) is 6.04 Å². The van der Waals surface area contributed by atoms with Crippen LogP contribution in [0.4, 0.5) is 5.69 Å². The number of aliphatic hydroxyl groups is 1. The summed E-state index contributed by atoms with van der Waals surface area (Å²) in [4.78, 5) is 31.9. The molecule has 0 saturated carbocycles. The largest absolute Gasteiger partial charge is 0.507 e. The molecule has 1 aromatic heterocycles. The van der Waals surface area contributed by atoms with E-state index in [0.717, 1.165) is 0 Å². The molecule has 1 saturated heterocycles. The minimum absolute atomic E-state index is 0.0638. The SMILES string of the molecule is COc1ccc(/C(O)=C2/C(=O)C(=O)N(c3ccccc3OC)C2c2cccnc2)cc1OC. The molecule has 1 fully saturated rings. The molecular formula is C25H22N2O6. The molecule has 1 N–H and O–H groups in total. The van der Waals surface area contributed by atoms with E-state index < -0.39 is 17.7 Å². The normalized spacial score (nSPS) is 17.2. The number of pyridine rings is 1. The molecule has 3 aromatic rings. The van der Waals surface area contributed by atoms with E-state index in [9.17, 15) is 14.7 Å². The van der Waals surface area contributed by atoms with Gasteiger partial charge in [0, 0.05) is 18.0 Å². The Morgan fingerprint density at radius 1 is 0.909 bits per heavy atom. The summed E-state index contributed by atoms with van der Waals surface area (Å²) >= 11 is 0. The van der Waals surface area contributed by atoms with E-state index in [0.29, 0.717) is 34.1 Å². The first-order chi connectivity index (χ1) is 16.0. The van der Waals surface area contributed by atoms with Crippen LogP contribution in [0.1, 0.15) is 17.2 Å². The van der Waals surface area contributed by atoms with Crippen molar-refractivity contribution in [3.8, 4) is 17.2 Å². The number of para-hydroxylation sites is 2. The second-order valence-electron chi connectivity index (χ2n) is 7.20. The lowest BCUT2D eigenvalue weighted by molar-refractivity contribution is -0.132. The third kappa shape index (κ3) is 3.76. The van der Waals surface area contributed by atoms with Crippen molar-refractivity contribution in [1.82, 2.24) is 4.98 Å². The van der Waals surface area contributed by atoms with Crippen LogP contribution in [0, 0.1) is 0 Å². The van der Waals surface area contributed by atoms with Crippen molar-refractivity contribution in [3.05, 3.63) is 83.7 Å². The number of anilines is 1. The second-order valence-corrected chi connectivity index (χ2v) is 7.20. The van der Waals surface area contributed by atoms with Crippen LogP contribution in [0.15, 0.2) is 72.6 Å². The number of benzene rings is 2. The number of amides is 1. The molecule has 0 radical (unpaired) electrons. The molecule has 1 aliphatic rings. The quantitative estimate of drug-likeness (QED) is 0.350. The van der Waals surface area contributed by atoms with Crippen LogP contribution >= 0.6 is 0 Å². The van der Waals surface area contributed by atoms with E-state index in [2.05, 4.69) is 4.98 Å². The van der Waals surface area contributed by atoms with Gasteiger partial charge in [0.2, 0.25) is 0 Å². The summed E-state index contributed by atoms with van der Waals surface area (Å²) in [7, 11) is 4.45. The van der Waals surface area contributed by atoms with Crippen LogP contribution in [0.25, 0.3) is 5.76 Å². The van der Waals surface area contributed by atoms with Crippen molar-refractivity contribution in [2.75, 3.05) is 26.2 Å². The van der Waals surface area contributed by atoms with Crippen molar-refractivity contribution in [2.24, 2.45) is 0 Å². The lowest BCUT2D eigenvalue weighted by Crippen LogP contribution is -2.29. The van der Waals surface area contributed by atoms with E-state index in [1.165, 1.54) is 26.2 Å². The Hall–Kier alpha value is -4.33. The number of Topliss-reactive ketones (excluding diaryl/α,β-unsaturated/α-hetero) is 1. The highest BCUT2D eigenvalue weighted by Gasteiger charge is 2.47. The van der Waals surface area contributed by atoms with Crippen LogP contribution in [0.3, 0.4) is 0 Å². The smallest absolute Gasteiger partial charge is 0.300 e. The molecule has 0 bridgehead atoms. The van der Waals surface area contributed by atoms with Crippen LogP contribution in [-0.4, -0.2) is 43.1 Å². The number of carbonyl (C=O) groups excluding carboxylic acids is 2. The van der Waals surface area contributed by atoms with Crippen LogP contribution < -0.4 is 19.1 Å². The Bertz CT molecular complexity index is 1240. The number of hydrogen-bond donors (Lipinski definition) is 1. The maximum absolute atomic E-state index is 13.2. The number of nitrogens with zero attached hydrogens (tertiary/aromatic N) is 2. The molecule has 0 aliphatic carbocycles. The Kier molecular flexibility index (Phi) is 5.99. The van der Waals surface area contributed by atoms with Crippen molar-refractivity contribution in [3.63, 3.8) is 0 Å². The molecule has 0 spiro atoms. The van der Waals surface area contributed by atoms with Gasteiger partial charge >= 0.3 is 0 Å². The van der Waals surface area contributed by atoms with Crippen molar-refractivity contribution < 1.29 is 28.9 Å². The highest BCUT2D eigenvalue weighted by molar-refractivity contribution is 6.51. The van der Waals surface area contributed by atoms with Gasteiger partial charge in [-0.2, -0.15) is 0 Å². The molecule has 2 heterocycles. The van der Waals surface area contributed by atoms with Gasteiger partial charge < -0.3 is 19.3 Å². The molecule has 1 atom stereocenters. The molecule has 1 unspecified atom stereocenters. The Labute approximate surface area is 190 Å². The van der Waals surface area contributed by atoms with Gasteiger partial charge in [-0.1, -0.05) is 18.2 Å². The van der Waals surface area contributed by atoms with Crippen LogP contribution in [0.5, 0.6) is 17.2 Å². The third-order valence-electron chi connectivity index (χ3n) is 5.45. The molecule has 33 heavy (non-hydrogen) atoms. The van der Waals surface area contributed by atoms with Gasteiger partial charge in [0.25, 0.3) is 11.7 Å². The van der Waals surface area contributed by atoms with Crippen LogP contribution in [0.2, 0.25) is 0 Å². The van der Waals surface area contributed by atoms with Gasteiger partial charge in [0.15, 0.2) is 11.5 Å². The Morgan fingerprint density at radius 3 is 2.30 bits per heavy atom. The highest BCUT2D eigenvalue weighted by Crippen LogP contribution is 2.45. The molecule has 8 heteroatoms. The summed E-state index contributed by atoms with van der Waals surface area (Å²) in [5, 5.41) is 11.2. The number of aliphatic hydroxyl groups excluding tert-OH is 1. The molecular weight excluding hydrogens is 424 g/mol. The zero-order valence-electron chi connectivity index (χ0n) is 18.3. The van der Waals surface area contributed by atoms with E-state index in [-0.39, 0.29) is 11.3 Å². The standard InChI is InChI=1S/C25H22N2O6/c1-31-18-9-5-4-8-17(18)27-22(16-7-6-12-26-14-16)21(24(29)25(27)30)23(28)15-10-11-19(32-2)20(13-15)33-3/h4-14,22,28H,1-3H3/b23-21-. The zero-order valence-corrected chi connectivity index (χ0v) is 18.3. The van der Waals surface area contributed by atoms with Crippen LogP contribution in [-0.2, 0) is 9.59 Å². The average Bonchev–Trinajstić information content (AvgIpc) is 3.13. The fourth-order valence-electron chi connectivity index (χ4n) is 3.90. The van der Waals surface area contributed by atoms with E-state index in [1.54, 1.807) is 67.0 Å². The van der Waals surface area contributed by atoms with Crippen molar-refractivity contribution >= 4 is 23.1 Å². The molecule has 1 amide bonds. The maximum atomic E-state index is 13.2. The fraction of sp³-hybridized carbons (Fsp3) is 0.160. The van der Waals surface area contributed by atoms with Gasteiger partial charge in [0.05, 0.1) is 38.6 Å². The second kappa shape index (κ2) is 9.04. The highest BCUT2D eigenvalue weighted by atomic mass is 16.5. The predicted octanol–water partition coefficient (Wildman–Crippen LogP) is 3.73. The molecule has 4 rings (SSSR count). The van der Waals surface area contributed by atoms with Gasteiger partial charge in [0.1, 0.15) is 11.5 Å². The van der Waals surface area contributed by atoms with E-state index in [4.69, 9.17) is 14.2 Å².